The van der Waals surface area contributed by atoms with Crippen LogP contribution in [0.4, 0.5) is 0 Å². The van der Waals surface area contributed by atoms with Gasteiger partial charge in [-0.05, 0) is 24.8 Å². The van der Waals surface area contributed by atoms with E-state index in [1.165, 1.54) is 12.7 Å². The third-order valence-electron chi connectivity index (χ3n) is 4.77. The van der Waals surface area contributed by atoms with Crippen LogP contribution >= 0.6 is 0 Å². The molecule has 0 saturated heterocycles. The molecule has 3 aromatic heterocycles. The second-order valence-electron chi connectivity index (χ2n) is 6.41. The number of ether oxygens (including phenoxy) is 1. The molecule has 0 bridgehead atoms. The number of aromatic amines is 1. The van der Waals surface area contributed by atoms with Crippen LogP contribution in [0.5, 0.6) is 5.88 Å². The molecule has 4 aromatic rings. The maximum Gasteiger partial charge on any atom is 0.235 e. The molecular formula is C18H17N7O. The predicted octanol–water partition coefficient (Wildman–Crippen LogP) is 2.76. The summed E-state index contributed by atoms with van der Waals surface area (Å²) in [7, 11) is 0. The van der Waals surface area contributed by atoms with Crippen molar-refractivity contribution in [3.05, 3.63) is 54.1 Å². The number of benzene rings is 1. The summed E-state index contributed by atoms with van der Waals surface area (Å²) in [6.45, 7) is 0.293. The molecular weight excluding hydrogens is 330 g/mol. The lowest BCUT2D eigenvalue weighted by molar-refractivity contribution is 0.269. The number of fused-ring (bicyclic) bond motifs is 1. The lowest BCUT2D eigenvalue weighted by atomic mass is 9.80. The zero-order valence-corrected chi connectivity index (χ0v) is 14.0. The van der Waals surface area contributed by atoms with Crippen molar-refractivity contribution in [1.29, 1.82) is 0 Å². The van der Waals surface area contributed by atoms with Crippen molar-refractivity contribution in [3.8, 4) is 17.3 Å². The molecule has 130 valence electrons. The molecule has 8 nitrogen and oxygen atoms in total. The van der Waals surface area contributed by atoms with Gasteiger partial charge in [-0.25, -0.2) is 4.98 Å². The first-order valence-corrected chi connectivity index (χ1v) is 8.67. The molecule has 0 spiro atoms. The Balaban J connectivity index is 1.57. The minimum Gasteiger partial charge on any atom is -0.468 e. The van der Waals surface area contributed by atoms with Gasteiger partial charge in [-0.3, -0.25) is 5.10 Å². The first-order valence-electron chi connectivity index (χ1n) is 8.67. The Hall–Kier alpha value is -3.29. The van der Waals surface area contributed by atoms with Crippen LogP contribution in [0.3, 0.4) is 0 Å². The number of H-pyrrole nitrogens is 1. The number of aromatic nitrogens is 7. The molecule has 0 aliphatic heterocycles. The molecule has 3 heterocycles. The Morgan fingerprint density at radius 2 is 2.04 bits per heavy atom. The van der Waals surface area contributed by atoms with Crippen molar-refractivity contribution < 1.29 is 4.74 Å². The molecule has 5 rings (SSSR count). The van der Waals surface area contributed by atoms with Crippen LogP contribution in [-0.4, -0.2) is 35.0 Å². The zero-order chi connectivity index (χ0) is 17.3. The number of rotatable bonds is 5. The van der Waals surface area contributed by atoms with Gasteiger partial charge in [-0.15, -0.1) is 15.3 Å². The summed E-state index contributed by atoms with van der Waals surface area (Å²) in [5, 5.41) is 20.0. The van der Waals surface area contributed by atoms with Crippen molar-refractivity contribution in [1.82, 2.24) is 35.0 Å². The average Bonchev–Trinajstić information content (AvgIpc) is 3.28. The fraction of sp³-hybridized carbons (Fsp3) is 0.278. The van der Waals surface area contributed by atoms with Crippen LogP contribution in [-0.2, 0) is 6.61 Å². The van der Waals surface area contributed by atoms with Gasteiger partial charge in [0.1, 0.15) is 12.9 Å². The van der Waals surface area contributed by atoms with E-state index in [2.05, 4.69) is 25.4 Å². The molecule has 1 N–H and O–H groups in total. The zero-order valence-electron chi connectivity index (χ0n) is 14.0. The van der Waals surface area contributed by atoms with E-state index in [1.54, 1.807) is 4.52 Å². The van der Waals surface area contributed by atoms with Crippen LogP contribution < -0.4 is 4.74 Å². The molecule has 26 heavy (non-hydrogen) atoms. The van der Waals surface area contributed by atoms with Gasteiger partial charge in [0.2, 0.25) is 5.88 Å². The van der Waals surface area contributed by atoms with Crippen LogP contribution in [0.2, 0.25) is 0 Å². The highest BCUT2D eigenvalue weighted by atomic mass is 16.5. The lowest BCUT2D eigenvalue weighted by Crippen LogP contribution is -2.14. The summed E-state index contributed by atoms with van der Waals surface area (Å²) in [5.74, 6) is 2.44. The summed E-state index contributed by atoms with van der Waals surface area (Å²) in [6.07, 6.45) is 5.00. The summed E-state index contributed by atoms with van der Waals surface area (Å²) >= 11 is 0. The summed E-state index contributed by atoms with van der Waals surface area (Å²) in [6, 6.07) is 12.0. The van der Waals surface area contributed by atoms with Gasteiger partial charge in [-0.2, -0.15) is 9.61 Å². The van der Waals surface area contributed by atoms with Crippen LogP contribution in [0.1, 0.15) is 36.6 Å². The first kappa shape index (κ1) is 15.0. The van der Waals surface area contributed by atoms with Crippen molar-refractivity contribution in [2.45, 2.75) is 31.8 Å². The summed E-state index contributed by atoms with van der Waals surface area (Å²) in [4.78, 5) is 4.11. The van der Waals surface area contributed by atoms with E-state index in [4.69, 9.17) is 9.84 Å². The van der Waals surface area contributed by atoms with E-state index < -0.39 is 0 Å². The van der Waals surface area contributed by atoms with Crippen LogP contribution in [0, 0.1) is 0 Å². The lowest BCUT2D eigenvalue weighted by Gasteiger charge is -2.26. The van der Waals surface area contributed by atoms with Gasteiger partial charge in [0.25, 0.3) is 0 Å². The van der Waals surface area contributed by atoms with Crippen molar-refractivity contribution >= 4 is 5.65 Å². The smallest absolute Gasteiger partial charge is 0.235 e. The van der Waals surface area contributed by atoms with E-state index in [0.717, 1.165) is 29.6 Å². The minimum absolute atomic E-state index is 0.293. The average molecular weight is 347 g/mol. The molecule has 1 aliphatic carbocycles. The molecule has 1 saturated carbocycles. The fourth-order valence-corrected chi connectivity index (χ4v) is 3.16. The van der Waals surface area contributed by atoms with Gasteiger partial charge < -0.3 is 4.74 Å². The van der Waals surface area contributed by atoms with Gasteiger partial charge >= 0.3 is 0 Å². The van der Waals surface area contributed by atoms with Crippen LogP contribution in [0.25, 0.3) is 17.0 Å². The normalized spacial score (nSPS) is 14.5. The van der Waals surface area contributed by atoms with Gasteiger partial charge in [-0.1, -0.05) is 36.8 Å². The number of hydrogen-bond acceptors (Lipinski definition) is 6. The molecule has 0 unspecified atom stereocenters. The van der Waals surface area contributed by atoms with Gasteiger partial charge in [0.15, 0.2) is 17.3 Å². The van der Waals surface area contributed by atoms with E-state index in [9.17, 15) is 0 Å². The molecule has 0 atom stereocenters. The minimum atomic E-state index is 0.293. The molecule has 0 radical (unpaired) electrons. The Morgan fingerprint density at radius 1 is 1.15 bits per heavy atom. The van der Waals surface area contributed by atoms with E-state index in [1.807, 2.05) is 36.4 Å². The van der Waals surface area contributed by atoms with Crippen molar-refractivity contribution in [2.75, 3.05) is 0 Å². The number of nitrogens with zero attached hydrogens (tertiary/aromatic N) is 6. The van der Waals surface area contributed by atoms with Gasteiger partial charge in [0.05, 0.1) is 0 Å². The molecule has 1 aliphatic rings. The maximum absolute atomic E-state index is 5.99. The number of nitrogens with one attached hydrogen (secondary N) is 1. The second-order valence-corrected chi connectivity index (χ2v) is 6.41. The van der Waals surface area contributed by atoms with E-state index in [0.29, 0.717) is 30.1 Å². The monoisotopic (exact) mass is 347 g/mol. The van der Waals surface area contributed by atoms with Crippen molar-refractivity contribution in [3.63, 3.8) is 0 Å². The second kappa shape index (κ2) is 6.21. The Bertz CT molecular complexity index is 1020. The predicted molar refractivity (Wildman–Crippen MR) is 93.5 cm³/mol. The summed E-state index contributed by atoms with van der Waals surface area (Å²) < 4.78 is 7.73. The molecule has 8 heteroatoms. The molecule has 0 amide bonds. The highest BCUT2D eigenvalue weighted by Gasteiger charge is 2.26. The molecule has 1 aromatic carbocycles. The first-order chi connectivity index (χ1) is 12.9. The summed E-state index contributed by atoms with van der Waals surface area (Å²) in [5.41, 5.74) is 2.79. The SMILES string of the molecule is c1ccc(-c2nnc3cc(C4CCC4)c(OCc4ncn[nH]4)nn23)cc1. The Labute approximate surface area is 149 Å². The van der Waals surface area contributed by atoms with Crippen molar-refractivity contribution in [2.24, 2.45) is 0 Å². The topological polar surface area (TPSA) is 93.9 Å². The fourth-order valence-electron chi connectivity index (χ4n) is 3.16. The Morgan fingerprint density at radius 3 is 2.77 bits per heavy atom. The maximum atomic E-state index is 5.99. The highest BCUT2D eigenvalue weighted by Crippen LogP contribution is 2.40. The Kier molecular flexibility index (Phi) is 3.59. The van der Waals surface area contributed by atoms with E-state index >= 15 is 0 Å². The molecule has 1 fully saturated rings. The van der Waals surface area contributed by atoms with E-state index in [-0.39, 0.29) is 0 Å². The van der Waals surface area contributed by atoms with Crippen LogP contribution in [0.15, 0.2) is 42.7 Å². The third kappa shape index (κ3) is 2.59. The number of hydrogen-bond donors (Lipinski definition) is 1. The standard InChI is InChI=1S/C18H17N7O/c1-2-5-13(6-3-1)17-23-22-16-9-14(12-7-4-8-12)18(24-25(16)17)26-10-15-19-11-20-21-15/h1-3,5-6,9,11-12H,4,7-8,10H2,(H,19,20,21). The third-order valence-corrected chi connectivity index (χ3v) is 4.77. The quantitative estimate of drug-likeness (QED) is 0.596. The largest absolute Gasteiger partial charge is 0.468 e. The van der Waals surface area contributed by atoms with Gasteiger partial charge in [0, 0.05) is 11.1 Å². The highest BCUT2D eigenvalue weighted by molar-refractivity contribution is 5.59.